The summed E-state index contributed by atoms with van der Waals surface area (Å²) in [7, 11) is 0. The summed E-state index contributed by atoms with van der Waals surface area (Å²) >= 11 is 0. The van der Waals surface area contributed by atoms with Crippen molar-refractivity contribution in [1.29, 1.82) is 0 Å². The molecule has 0 bridgehead atoms. The molecule has 0 aliphatic carbocycles. The molecule has 0 rings (SSSR count). The van der Waals surface area contributed by atoms with Crippen LogP contribution in [0.4, 0.5) is 0 Å². The number of aliphatic hydroxyl groups is 2. The predicted octanol–water partition coefficient (Wildman–Crippen LogP) is 6.35. The second-order valence-electron chi connectivity index (χ2n) is 10.1. The molecule has 6 nitrogen and oxygen atoms in total. The number of esters is 2. The van der Waals surface area contributed by atoms with E-state index in [-0.39, 0.29) is 25.2 Å². The monoisotopic (exact) mass is 486 g/mol. The van der Waals surface area contributed by atoms with Crippen LogP contribution in [0.3, 0.4) is 0 Å². The molecular formula is C28H54O6. The molecule has 2 atom stereocenters. The number of hydrogen-bond acceptors (Lipinski definition) is 6. The topological polar surface area (TPSA) is 93.1 Å². The summed E-state index contributed by atoms with van der Waals surface area (Å²) in [6, 6.07) is 0. The first-order valence-corrected chi connectivity index (χ1v) is 14.0. The molecule has 0 aromatic carbocycles. The van der Waals surface area contributed by atoms with E-state index in [1.165, 1.54) is 0 Å². The van der Waals surface area contributed by atoms with Crippen molar-refractivity contribution >= 4 is 11.9 Å². The van der Waals surface area contributed by atoms with E-state index in [0.717, 1.165) is 103 Å². The zero-order valence-electron chi connectivity index (χ0n) is 22.2. The van der Waals surface area contributed by atoms with Gasteiger partial charge in [-0.3, -0.25) is 9.59 Å². The van der Waals surface area contributed by atoms with E-state index < -0.39 is 0 Å². The molecule has 34 heavy (non-hydrogen) atoms. The normalized spacial score (nSPS) is 12.9. The number of carbonyl (C=O) groups excluding carboxylic acids is 2. The molecule has 0 saturated carbocycles. The molecule has 0 aliphatic rings. The highest BCUT2D eigenvalue weighted by Gasteiger charge is 2.09. The van der Waals surface area contributed by atoms with Gasteiger partial charge in [0.15, 0.2) is 0 Å². The maximum atomic E-state index is 11.9. The first-order chi connectivity index (χ1) is 16.5. The fourth-order valence-corrected chi connectivity index (χ4v) is 3.94. The minimum atomic E-state index is -0.0886. The molecule has 0 amide bonds. The highest BCUT2D eigenvalue weighted by atomic mass is 16.5. The van der Waals surface area contributed by atoms with Crippen molar-refractivity contribution in [2.45, 2.75) is 129 Å². The Morgan fingerprint density at radius 1 is 0.529 bits per heavy atom. The van der Waals surface area contributed by atoms with E-state index >= 15 is 0 Å². The maximum Gasteiger partial charge on any atom is 0.305 e. The molecule has 2 unspecified atom stereocenters. The molecule has 0 aliphatic heterocycles. The van der Waals surface area contributed by atoms with Crippen LogP contribution in [0.1, 0.15) is 129 Å². The quantitative estimate of drug-likeness (QED) is 0.115. The van der Waals surface area contributed by atoms with Gasteiger partial charge in [0, 0.05) is 26.1 Å². The summed E-state index contributed by atoms with van der Waals surface area (Å²) < 4.78 is 10.8. The van der Waals surface area contributed by atoms with E-state index in [0.29, 0.717) is 37.9 Å². The molecular weight excluding hydrogens is 432 g/mol. The van der Waals surface area contributed by atoms with E-state index in [1.54, 1.807) is 0 Å². The number of unbranched alkanes of at least 4 members (excludes halogenated alkanes) is 11. The van der Waals surface area contributed by atoms with Gasteiger partial charge in [0.05, 0.1) is 13.2 Å². The Hall–Kier alpha value is -1.14. The number of ether oxygens (including phenoxy) is 2. The molecule has 0 aromatic rings. The SMILES string of the molecule is CC(CCCCCCO)COC(=O)CCCCCCCCC(=O)OCC(C)CCCCCCO. The maximum absolute atomic E-state index is 11.9. The largest absolute Gasteiger partial charge is 0.465 e. The molecule has 0 aromatic heterocycles. The van der Waals surface area contributed by atoms with E-state index in [1.807, 2.05) is 0 Å². The van der Waals surface area contributed by atoms with Crippen LogP contribution in [-0.2, 0) is 19.1 Å². The van der Waals surface area contributed by atoms with Crippen molar-refractivity contribution in [2.24, 2.45) is 11.8 Å². The Bertz CT molecular complexity index is 426. The van der Waals surface area contributed by atoms with Crippen molar-refractivity contribution in [3.8, 4) is 0 Å². The molecule has 0 fully saturated rings. The third-order valence-electron chi connectivity index (χ3n) is 6.28. The van der Waals surface area contributed by atoms with Crippen LogP contribution in [0.15, 0.2) is 0 Å². The fraction of sp³-hybridized carbons (Fsp3) is 0.929. The zero-order chi connectivity index (χ0) is 25.3. The standard InChI is InChI=1S/C28H54O6/c1-25(17-11-7-9-15-21-29)23-33-27(31)19-13-5-3-4-6-14-20-28(32)34-24-26(2)18-12-8-10-16-22-30/h25-26,29-30H,3-24H2,1-2H3. The van der Waals surface area contributed by atoms with E-state index in [2.05, 4.69) is 13.8 Å². The number of carbonyl (C=O) groups is 2. The average molecular weight is 487 g/mol. The summed E-state index contributed by atoms with van der Waals surface area (Å²) in [4.78, 5) is 23.7. The lowest BCUT2D eigenvalue weighted by Gasteiger charge is -2.12. The Kier molecular flexibility index (Phi) is 24.1. The van der Waals surface area contributed by atoms with Crippen LogP contribution >= 0.6 is 0 Å². The first kappa shape index (κ1) is 32.9. The molecule has 0 heterocycles. The minimum Gasteiger partial charge on any atom is -0.465 e. The van der Waals surface area contributed by atoms with Gasteiger partial charge in [-0.15, -0.1) is 0 Å². The smallest absolute Gasteiger partial charge is 0.305 e. The van der Waals surface area contributed by atoms with Crippen LogP contribution < -0.4 is 0 Å². The average Bonchev–Trinajstić information content (AvgIpc) is 2.82. The van der Waals surface area contributed by atoms with Gasteiger partial charge in [0.2, 0.25) is 0 Å². The lowest BCUT2D eigenvalue weighted by molar-refractivity contribution is -0.146. The van der Waals surface area contributed by atoms with Gasteiger partial charge in [0.1, 0.15) is 0 Å². The molecule has 0 saturated heterocycles. The second kappa shape index (κ2) is 25.0. The summed E-state index contributed by atoms with van der Waals surface area (Å²) in [5.74, 6) is 0.620. The van der Waals surface area contributed by atoms with Gasteiger partial charge in [-0.2, -0.15) is 0 Å². The second-order valence-corrected chi connectivity index (χ2v) is 10.1. The summed E-state index contributed by atoms with van der Waals surface area (Å²) in [6.45, 7) is 5.82. The zero-order valence-corrected chi connectivity index (χ0v) is 22.2. The van der Waals surface area contributed by atoms with Crippen LogP contribution in [0.5, 0.6) is 0 Å². The van der Waals surface area contributed by atoms with Crippen LogP contribution in [0.2, 0.25) is 0 Å². The highest BCUT2D eigenvalue weighted by Crippen LogP contribution is 2.14. The number of rotatable bonds is 25. The van der Waals surface area contributed by atoms with Gasteiger partial charge in [0.25, 0.3) is 0 Å². The first-order valence-electron chi connectivity index (χ1n) is 14.0. The summed E-state index contributed by atoms with van der Waals surface area (Å²) in [5.41, 5.74) is 0. The van der Waals surface area contributed by atoms with Gasteiger partial charge in [-0.1, -0.05) is 78.1 Å². The third-order valence-corrected chi connectivity index (χ3v) is 6.28. The van der Waals surface area contributed by atoms with Gasteiger partial charge in [-0.05, 0) is 50.4 Å². The van der Waals surface area contributed by atoms with Crippen LogP contribution in [0, 0.1) is 11.8 Å². The summed E-state index contributed by atoms with van der Waals surface area (Å²) in [6.07, 6.45) is 17.5. The molecule has 2 N–H and O–H groups in total. The van der Waals surface area contributed by atoms with Crippen molar-refractivity contribution < 1.29 is 29.3 Å². The molecule has 0 spiro atoms. The van der Waals surface area contributed by atoms with Crippen LogP contribution in [-0.4, -0.2) is 48.6 Å². The van der Waals surface area contributed by atoms with Gasteiger partial charge >= 0.3 is 11.9 Å². The van der Waals surface area contributed by atoms with Crippen molar-refractivity contribution in [3.63, 3.8) is 0 Å². The number of aliphatic hydroxyl groups excluding tert-OH is 2. The Labute approximate surface area is 209 Å². The fourth-order valence-electron chi connectivity index (χ4n) is 3.94. The van der Waals surface area contributed by atoms with E-state index in [9.17, 15) is 9.59 Å². The van der Waals surface area contributed by atoms with Crippen molar-refractivity contribution in [1.82, 2.24) is 0 Å². The van der Waals surface area contributed by atoms with E-state index in [4.69, 9.17) is 19.7 Å². The van der Waals surface area contributed by atoms with Gasteiger partial charge in [-0.25, -0.2) is 0 Å². The van der Waals surface area contributed by atoms with Gasteiger partial charge < -0.3 is 19.7 Å². The number of hydrogen-bond donors (Lipinski definition) is 2. The minimum absolute atomic E-state index is 0.0886. The third kappa shape index (κ3) is 24.0. The molecule has 202 valence electrons. The Balaban J connectivity index is 3.45. The molecule has 0 radical (unpaired) electrons. The van der Waals surface area contributed by atoms with Crippen LogP contribution in [0.25, 0.3) is 0 Å². The Morgan fingerprint density at radius 2 is 0.853 bits per heavy atom. The summed E-state index contributed by atoms with van der Waals surface area (Å²) in [5, 5.41) is 17.5. The predicted molar refractivity (Wildman–Crippen MR) is 138 cm³/mol. The Morgan fingerprint density at radius 3 is 1.24 bits per heavy atom. The lowest BCUT2D eigenvalue weighted by Crippen LogP contribution is -2.12. The van der Waals surface area contributed by atoms with Crippen molar-refractivity contribution in [3.05, 3.63) is 0 Å². The molecule has 6 heteroatoms. The highest BCUT2D eigenvalue weighted by molar-refractivity contribution is 5.69. The van der Waals surface area contributed by atoms with Crippen molar-refractivity contribution in [2.75, 3.05) is 26.4 Å². The lowest BCUT2D eigenvalue weighted by atomic mass is 10.0.